The lowest BCUT2D eigenvalue weighted by molar-refractivity contribution is 0.0698. The third kappa shape index (κ3) is 4.26. The van der Waals surface area contributed by atoms with Gasteiger partial charge in [0.1, 0.15) is 11.6 Å². The van der Waals surface area contributed by atoms with Crippen molar-refractivity contribution in [1.82, 2.24) is 0 Å². The first-order valence-corrected chi connectivity index (χ1v) is 6.96. The van der Waals surface area contributed by atoms with Gasteiger partial charge in [-0.05, 0) is 42.3 Å². The van der Waals surface area contributed by atoms with E-state index >= 15 is 0 Å². The summed E-state index contributed by atoms with van der Waals surface area (Å²) in [6, 6.07) is 8.09. The largest absolute Gasteiger partial charge is 0.478 e. The summed E-state index contributed by atoms with van der Waals surface area (Å²) in [5.41, 5.74) is 1.10. The van der Waals surface area contributed by atoms with Crippen LogP contribution in [0.4, 0.5) is 14.5 Å². The van der Waals surface area contributed by atoms with Crippen LogP contribution < -0.4 is 5.32 Å². The summed E-state index contributed by atoms with van der Waals surface area (Å²) in [5.74, 6) is -2.29. The van der Waals surface area contributed by atoms with Crippen molar-refractivity contribution in [3.63, 3.8) is 0 Å². The van der Waals surface area contributed by atoms with Gasteiger partial charge < -0.3 is 10.4 Å². The summed E-state index contributed by atoms with van der Waals surface area (Å²) in [4.78, 5) is 11.1. The molecule has 0 aliphatic rings. The Bertz CT molecular complexity index is 656. The van der Waals surface area contributed by atoms with Crippen molar-refractivity contribution in [3.05, 3.63) is 63.6 Å². The molecule has 0 saturated heterocycles. The van der Waals surface area contributed by atoms with Gasteiger partial charge in [0.2, 0.25) is 0 Å². The lowest BCUT2D eigenvalue weighted by Gasteiger charge is -2.10. The second-order valence-corrected chi connectivity index (χ2v) is 5.37. The van der Waals surface area contributed by atoms with Crippen LogP contribution in [0.1, 0.15) is 15.9 Å². The monoisotopic (exact) mass is 355 g/mol. The van der Waals surface area contributed by atoms with E-state index in [4.69, 9.17) is 5.11 Å². The lowest BCUT2D eigenvalue weighted by Crippen LogP contribution is -2.09. The van der Waals surface area contributed by atoms with Crippen molar-refractivity contribution in [1.29, 1.82) is 0 Å². The maximum absolute atomic E-state index is 13.1. The number of carboxylic acid groups (broad SMARTS) is 1. The molecule has 21 heavy (non-hydrogen) atoms. The molecule has 2 rings (SSSR count). The van der Waals surface area contributed by atoms with Crippen molar-refractivity contribution in [3.8, 4) is 0 Å². The SMILES string of the molecule is O=C(O)c1ccc(Br)cc1NCCc1cc(F)cc(F)c1. The molecule has 0 aliphatic heterocycles. The average molecular weight is 356 g/mol. The number of rotatable bonds is 5. The van der Waals surface area contributed by atoms with Gasteiger partial charge in [-0.1, -0.05) is 15.9 Å². The molecule has 110 valence electrons. The Morgan fingerprint density at radius 2 is 1.81 bits per heavy atom. The summed E-state index contributed by atoms with van der Waals surface area (Å²) >= 11 is 3.27. The second-order valence-electron chi connectivity index (χ2n) is 4.45. The molecule has 0 unspecified atom stereocenters. The minimum absolute atomic E-state index is 0.142. The fraction of sp³-hybridized carbons (Fsp3) is 0.133. The molecule has 6 heteroatoms. The van der Waals surface area contributed by atoms with E-state index in [-0.39, 0.29) is 5.56 Å². The number of hydrogen-bond acceptors (Lipinski definition) is 2. The third-order valence-electron chi connectivity index (χ3n) is 2.86. The van der Waals surface area contributed by atoms with Crippen LogP contribution in [0.3, 0.4) is 0 Å². The van der Waals surface area contributed by atoms with Gasteiger partial charge in [-0.2, -0.15) is 0 Å². The molecule has 3 nitrogen and oxygen atoms in total. The van der Waals surface area contributed by atoms with E-state index in [0.717, 1.165) is 10.5 Å². The fourth-order valence-corrected chi connectivity index (χ4v) is 2.31. The van der Waals surface area contributed by atoms with Crippen LogP contribution in [-0.4, -0.2) is 17.6 Å². The van der Waals surface area contributed by atoms with Gasteiger partial charge in [-0.15, -0.1) is 0 Å². The second kappa shape index (κ2) is 6.67. The van der Waals surface area contributed by atoms with Gasteiger partial charge in [0.05, 0.1) is 5.56 Å². The summed E-state index contributed by atoms with van der Waals surface area (Å²) < 4.78 is 26.9. The number of anilines is 1. The van der Waals surface area contributed by atoms with Crippen LogP contribution in [0.5, 0.6) is 0 Å². The van der Waals surface area contributed by atoms with E-state index in [2.05, 4.69) is 21.2 Å². The number of hydrogen-bond donors (Lipinski definition) is 2. The molecule has 0 heterocycles. The molecule has 0 atom stereocenters. The van der Waals surface area contributed by atoms with Gasteiger partial charge in [-0.25, -0.2) is 13.6 Å². The van der Waals surface area contributed by atoms with E-state index in [1.165, 1.54) is 18.2 Å². The maximum atomic E-state index is 13.1. The highest BCUT2D eigenvalue weighted by Gasteiger charge is 2.10. The number of halogens is 3. The minimum atomic E-state index is -1.04. The van der Waals surface area contributed by atoms with Gasteiger partial charge in [0.25, 0.3) is 0 Å². The van der Waals surface area contributed by atoms with Crippen LogP contribution in [0, 0.1) is 11.6 Å². The number of benzene rings is 2. The summed E-state index contributed by atoms with van der Waals surface area (Å²) in [6.45, 7) is 0.361. The Balaban J connectivity index is 2.06. The van der Waals surface area contributed by atoms with E-state index in [1.54, 1.807) is 12.1 Å². The zero-order valence-corrected chi connectivity index (χ0v) is 12.5. The fourth-order valence-electron chi connectivity index (χ4n) is 1.95. The Kier molecular flexibility index (Phi) is 4.90. The van der Waals surface area contributed by atoms with Gasteiger partial charge >= 0.3 is 5.97 Å². The third-order valence-corrected chi connectivity index (χ3v) is 3.36. The summed E-state index contributed by atoms with van der Waals surface area (Å²) in [7, 11) is 0. The van der Waals surface area contributed by atoms with Crippen LogP contribution in [-0.2, 0) is 6.42 Å². The Morgan fingerprint density at radius 3 is 2.43 bits per heavy atom. The van der Waals surface area contributed by atoms with Crippen molar-refractivity contribution in [2.24, 2.45) is 0 Å². The van der Waals surface area contributed by atoms with Crippen molar-refractivity contribution in [2.45, 2.75) is 6.42 Å². The standard InChI is InChI=1S/C15H12BrF2NO2/c16-10-1-2-13(15(20)21)14(7-10)19-4-3-9-5-11(17)8-12(18)6-9/h1-2,5-8,19H,3-4H2,(H,20,21). The molecule has 0 saturated carbocycles. The molecule has 0 aromatic heterocycles. The number of aromatic carboxylic acids is 1. The van der Waals surface area contributed by atoms with Crippen molar-refractivity contribution >= 4 is 27.6 Å². The van der Waals surface area contributed by atoms with Crippen LogP contribution in [0.2, 0.25) is 0 Å². The highest BCUT2D eigenvalue weighted by molar-refractivity contribution is 9.10. The molecular weight excluding hydrogens is 344 g/mol. The number of carbonyl (C=O) groups is 1. The quantitative estimate of drug-likeness (QED) is 0.849. The maximum Gasteiger partial charge on any atom is 0.337 e. The summed E-state index contributed by atoms with van der Waals surface area (Å²) in [5, 5.41) is 12.1. The van der Waals surface area contributed by atoms with E-state index in [1.807, 2.05) is 0 Å². The van der Waals surface area contributed by atoms with Gasteiger partial charge in [0, 0.05) is 22.8 Å². The molecule has 2 aromatic rings. The predicted octanol–water partition coefficient (Wildman–Crippen LogP) is 4.08. The normalized spacial score (nSPS) is 10.4. The Morgan fingerprint density at radius 1 is 1.14 bits per heavy atom. The van der Waals surface area contributed by atoms with Crippen LogP contribution in [0.15, 0.2) is 40.9 Å². The highest BCUT2D eigenvalue weighted by atomic mass is 79.9. The number of carboxylic acids is 1. The molecule has 0 fully saturated rings. The van der Waals surface area contributed by atoms with Crippen molar-refractivity contribution in [2.75, 3.05) is 11.9 Å². The highest BCUT2D eigenvalue weighted by Crippen LogP contribution is 2.21. The average Bonchev–Trinajstić information content (AvgIpc) is 2.37. The topological polar surface area (TPSA) is 49.3 Å². The Labute approximate surface area is 128 Å². The van der Waals surface area contributed by atoms with E-state index in [0.29, 0.717) is 24.2 Å². The minimum Gasteiger partial charge on any atom is -0.478 e. The van der Waals surface area contributed by atoms with Crippen molar-refractivity contribution < 1.29 is 18.7 Å². The van der Waals surface area contributed by atoms with E-state index in [9.17, 15) is 13.6 Å². The predicted molar refractivity (Wildman–Crippen MR) is 79.7 cm³/mol. The molecule has 0 bridgehead atoms. The molecule has 2 aromatic carbocycles. The molecular formula is C15H12BrF2NO2. The molecule has 2 N–H and O–H groups in total. The first-order valence-electron chi connectivity index (χ1n) is 6.17. The van der Waals surface area contributed by atoms with E-state index < -0.39 is 17.6 Å². The molecule has 0 amide bonds. The molecule has 0 aliphatic carbocycles. The lowest BCUT2D eigenvalue weighted by atomic mass is 10.1. The summed E-state index contributed by atoms with van der Waals surface area (Å²) in [6.07, 6.45) is 0.375. The van der Waals surface area contributed by atoms with Gasteiger partial charge in [0.15, 0.2) is 0 Å². The number of nitrogens with one attached hydrogen (secondary N) is 1. The molecule has 0 spiro atoms. The zero-order chi connectivity index (χ0) is 15.4. The zero-order valence-electron chi connectivity index (χ0n) is 10.9. The smallest absolute Gasteiger partial charge is 0.337 e. The Hall–Kier alpha value is -1.95. The first-order chi connectivity index (χ1) is 9.95. The van der Waals surface area contributed by atoms with Gasteiger partial charge in [-0.3, -0.25) is 0 Å². The van der Waals surface area contributed by atoms with Crippen LogP contribution >= 0.6 is 15.9 Å². The first kappa shape index (κ1) is 15.4. The van der Waals surface area contributed by atoms with Crippen LogP contribution in [0.25, 0.3) is 0 Å². The molecule has 0 radical (unpaired) electrons.